The van der Waals surface area contributed by atoms with Gasteiger partial charge in [-0.15, -0.1) is 0 Å². The van der Waals surface area contributed by atoms with Crippen LogP contribution in [0.2, 0.25) is 0 Å². The van der Waals surface area contributed by atoms with Crippen molar-refractivity contribution in [3.63, 3.8) is 0 Å². The van der Waals surface area contributed by atoms with Crippen molar-refractivity contribution in [3.05, 3.63) is 66.9 Å². The van der Waals surface area contributed by atoms with Gasteiger partial charge >= 0.3 is 0 Å². The minimum absolute atomic E-state index is 0.361. The zero-order valence-corrected chi connectivity index (χ0v) is 9.41. The molecule has 0 unspecified atom stereocenters. The molecule has 2 aromatic rings. The van der Waals surface area contributed by atoms with Crippen LogP contribution in [-0.2, 0) is 0 Å². The van der Waals surface area contributed by atoms with Crippen LogP contribution in [0.4, 0.5) is 0 Å². The quantitative estimate of drug-likeness (QED) is 0.803. The van der Waals surface area contributed by atoms with Gasteiger partial charge in [0.05, 0.1) is 6.26 Å². The number of hydrogen-bond acceptors (Lipinski definition) is 2. The standard InChI is InChI=1S/C15H14O2/c16-11-6-12-17-15-10-5-4-9-14(15)13-7-2-1-3-8-13/h1-11,16H,12H2. The third kappa shape index (κ3) is 2.88. The maximum atomic E-state index is 8.57. The first-order valence-corrected chi connectivity index (χ1v) is 5.48. The van der Waals surface area contributed by atoms with E-state index in [0.29, 0.717) is 6.61 Å². The molecule has 1 N–H and O–H groups in total. The number of hydrogen-bond donors (Lipinski definition) is 1. The van der Waals surface area contributed by atoms with E-state index in [1.165, 1.54) is 0 Å². The Morgan fingerprint density at radius 3 is 2.41 bits per heavy atom. The van der Waals surface area contributed by atoms with Crippen LogP contribution in [0, 0.1) is 0 Å². The third-order valence-electron chi connectivity index (χ3n) is 2.41. The number of rotatable bonds is 4. The van der Waals surface area contributed by atoms with E-state index >= 15 is 0 Å². The number of ether oxygens (including phenoxy) is 1. The molecule has 17 heavy (non-hydrogen) atoms. The second kappa shape index (κ2) is 5.75. The largest absolute Gasteiger partial charge is 0.516 e. The Kier molecular flexibility index (Phi) is 3.81. The summed E-state index contributed by atoms with van der Waals surface area (Å²) in [5.74, 6) is 0.816. The van der Waals surface area contributed by atoms with Crippen LogP contribution in [0.5, 0.6) is 5.75 Å². The van der Waals surface area contributed by atoms with Crippen LogP contribution in [0.25, 0.3) is 11.1 Å². The summed E-state index contributed by atoms with van der Waals surface area (Å²) in [7, 11) is 0. The van der Waals surface area contributed by atoms with Crippen LogP contribution >= 0.6 is 0 Å². The van der Waals surface area contributed by atoms with Crippen LogP contribution in [0.1, 0.15) is 0 Å². The lowest BCUT2D eigenvalue weighted by Crippen LogP contribution is -1.95. The molecular weight excluding hydrogens is 212 g/mol. The molecule has 0 heterocycles. The summed E-state index contributed by atoms with van der Waals surface area (Å²) in [5.41, 5.74) is 2.18. The van der Waals surface area contributed by atoms with E-state index in [4.69, 9.17) is 9.84 Å². The number of benzene rings is 2. The Morgan fingerprint density at radius 2 is 1.65 bits per heavy atom. The van der Waals surface area contributed by atoms with Gasteiger partial charge < -0.3 is 9.84 Å². The molecule has 86 valence electrons. The van der Waals surface area contributed by atoms with E-state index in [0.717, 1.165) is 23.1 Å². The summed E-state index contributed by atoms with van der Waals surface area (Å²) < 4.78 is 5.59. The first-order chi connectivity index (χ1) is 8.42. The Bertz CT molecular complexity index is 489. The molecule has 0 atom stereocenters. The van der Waals surface area contributed by atoms with Crippen LogP contribution in [-0.4, -0.2) is 11.7 Å². The van der Waals surface area contributed by atoms with Crippen molar-refractivity contribution < 1.29 is 9.84 Å². The van der Waals surface area contributed by atoms with E-state index in [1.54, 1.807) is 6.08 Å². The average molecular weight is 226 g/mol. The molecule has 0 aromatic heterocycles. The molecule has 0 saturated carbocycles. The van der Waals surface area contributed by atoms with Crippen molar-refractivity contribution >= 4 is 0 Å². The van der Waals surface area contributed by atoms with Crippen molar-refractivity contribution in [1.82, 2.24) is 0 Å². The molecule has 0 radical (unpaired) electrons. The smallest absolute Gasteiger partial charge is 0.127 e. The number of para-hydroxylation sites is 1. The fourth-order valence-electron chi connectivity index (χ4n) is 1.63. The SMILES string of the molecule is OC=CCOc1ccccc1-c1ccccc1. The summed E-state index contributed by atoms with van der Waals surface area (Å²) in [6, 6.07) is 17.9. The van der Waals surface area contributed by atoms with Crippen molar-refractivity contribution in [3.8, 4) is 16.9 Å². The van der Waals surface area contributed by atoms with Gasteiger partial charge in [0, 0.05) is 5.56 Å². The summed E-state index contributed by atoms with van der Waals surface area (Å²) in [4.78, 5) is 0. The zero-order valence-electron chi connectivity index (χ0n) is 9.41. The summed E-state index contributed by atoms with van der Waals surface area (Å²) in [5, 5.41) is 8.57. The molecule has 0 fully saturated rings. The molecule has 0 spiro atoms. The van der Waals surface area contributed by atoms with E-state index in [2.05, 4.69) is 0 Å². The van der Waals surface area contributed by atoms with Crippen LogP contribution in [0.15, 0.2) is 66.9 Å². The Labute approximate surface area is 101 Å². The van der Waals surface area contributed by atoms with Crippen molar-refractivity contribution in [2.24, 2.45) is 0 Å². The van der Waals surface area contributed by atoms with Crippen LogP contribution < -0.4 is 4.74 Å². The van der Waals surface area contributed by atoms with Gasteiger partial charge in [-0.3, -0.25) is 0 Å². The Balaban J connectivity index is 2.28. The van der Waals surface area contributed by atoms with Gasteiger partial charge in [0.25, 0.3) is 0 Å². The lowest BCUT2D eigenvalue weighted by atomic mass is 10.1. The fourth-order valence-corrected chi connectivity index (χ4v) is 1.63. The number of aliphatic hydroxyl groups excluding tert-OH is 1. The monoisotopic (exact) mass is 226 g/mol. The van der Waals surface area contributed by atoms with Gasteiger partial charge in [-0.25, -0.2) is 0 Å². The molecule has 0 aliphatic carbocycles. The number of aliphatic hydroxyl groups is 1. The molecule has 0 amide bonds. The highest BCUT2D eigenvalue weighted by Gasteiger charge is 2.03. The van der Waals surface area contributed by atoms with Gasteiger partial charge in [-0.05, 0) is 17.7 Å². The topological polar surface area (TPSA) is 29.5 Å². The minimum atomic E-state index is 0.361. The summed E-state index contributed by atoms with van der Waals surface area (Å²) >= 11 is 0. The molecule has 2 nitrogen and oxygen atoms in total. The zero-order chi connectivity index (χ0) is 11.9. The predicted molar refractivity (Wildman–Crippen MR) is 69.1 cm³/mol. The summed E-state index contributed by atoms with van der Waals surface area (Å²) in [6.45, 7) is 0.361. The fraction of sp³-hybridized carbons (Fsp3) is 0.0667. The molecule has 0 aliphatic rings. The van der Waals surface area contributed by atoms with Gasteiger partial charge in [0.15, 0.2) is 0 Å². The van der Waals surface area contributed by atoms with Crippen molar-refractivity contribution in [1.29, 1.82) is 0 Å². The third-order valence-corrected chi connectivity index (χ3v) is 2.41. The first-order valence-electron chi connectivity index (χ1n) is 5.48. The maximum absolute atomic E-state index is 8.57. The molecular formula is C15H14O2. The van der Waals surface area contributed by atoms with Gasteiger partial charge in [-0.1, -0.05) is 48.5 Å². The Hall–Kier alpha value is -2.22. The highest BCUT2D eigenvalue weighted by Crippen LogP contribution is 2.29. The van der Waals surface area contributed by atoms with Crippen LogP contribution in [0.3, 0.4) is 0 Å². The van der Waals surface area contributed by atoms with Gasteiger partial charge in [0.1, 0.15) is 12.4 Å². The van der Waals surface area contributed by atoms with Gasteiger partial charge in [0.2, 0.25) is 0 Å². The second-order valence-corrected chi connectivity index (χ2v) is 3.56. The molecule has 2 aromatic carbocycles. The predicted octanol–water partition coefficient (Wildman–Crippen LogP) is 3.80. The molecule has 0 saturated heterocycles. The average Bonchev–Trinajstić information content (AvgIpc) is 2.41. The lowest BCUT2D eigenvalue weighted by Gasteiger charge is -2.09. The highest BCUT2D eigenvalue weighted by atomic mass is 16.5. The molecule has 2 heteroatoms. The summed E-state index contributed by atoms with van der Waals surface area (Å²) in [6.07, 6.45) is 2.55. The highest BCUT2D eigenvalue weighted by molar-refractivity contribution is 5.70. The van der Waals surface area contributed by atoms with E-state index < -0.39 is 0 Å². The normalized spacial score (nSPS) is 10.6. The second-order valence-electron chi connectivity index (χ2n) is 3.56. The maximum Gasteiger partial charge on any atom is 0.127 e. The minimum Gasteiger partial charge on any atom is -0.516 e. The van der Waals surface area contributed by atoms with E-state index in [1.807, 2.05) is 54.6 Å². The van der Waals surface area contributed by atoms with Crippen molar-refractivity contribution in [2.75, 3.05) is 6.61 Å². The molecule has 0 aliphatic heterocycles. The van der Waals surface area contributed by atoms with Crippen molar-refractivity contribution in [2.45, 2.75) is 0 Å². The van der Waals surface area contributed by atoms with E-state index in [9.17, 15) is 0 Å². The Morgan fingerprint density at radius 1 is 0.941 bits per heavy atom. The lowest BCUT2D eigenvalue weighted by molar-refractivity contribution is 0.357. The van der Waals surface area contributed by atoms with E-state index in [-0.39, 0.29) is 0 Å². The molecule has 0 bridgehead atoms. The van der Waals surface area contributed by atoms with Gasteiger partial charge in [-0.2, -0.15) is 0 Å². The first kappa shape index (κ1) is 11.3. The molecule has 2 rings (SSSR count).